The number of rotatable bonds is 0. The average molecular weight is 167 g/mol. The Balaban J connectivity index is 0.000000250. The second-order valence-electron chi connectivity index (χ2n) is 1.06. The Bertz CT molecular complexity index is 46.8. The molecule has 1 N–H and O–H groups in total. The summed E-state index contributed by atoms with van der Waals surface area (Å²) in [6.45, 7) is 1.41. The van der Waals surface area contributed by atoms with Crippen LogP contribution in [0.3, 0.4) is 0 Å². The Morgan fingerprint density at radius 2 is 1.67 bits per heavy atom. The first-order valence-corrected chi connectivity index (χ1v) is 1.30. The van der Waals surface area contributed by atoms with Crippen molar-refractivity contribution in [2.45, 2.75) is 12.9 Å². The maximum absolute atomic E-state index is 8.19. The number of aliphatic hydroxyl groups is 1. The van der Waals surface area contributed by atoms with Crippen LogP contribution in [0.25, 0.3) is 0 Å². The summed E-state index contributed by atoms with van der Waals surface area (Å²) in [6.07, 6.45) is 0. The molecule has 1 aliphatic rings. The molecule has 0 aromatic heterocycles. The molecule has 4 heteroatoms. The van der Waals surface area contributed by atoms with E-state index in [-0.39, 0.29) is 26.2 Å². The molecule has 0 amide bonds. The van der Waals surface area contributed by atoms with Gasteiger partial charge in [-0.1, -0.05) is 0 Å². The van der Waals surface area contributed by atoms with Crippen molar-refractivity contribution in [3.63, 3.8) is 0 Å². The Kier molecular flexibility index (Phi) is 1.92. The van der Waals surface area contributed by atoms with Gasteiger partial charge >= 0.3 is 5.97 Å². The van der Waals surface area contributed by atoms with Gasteiger partial charge in [0.25, 0.3) is 0 Å². The summed E-state index contributed by atoms with van der Waals surface area (Å²) in [4.78, 5) is 7.90. The fourth-order valence-electron chi connectivity index (χ4n) is 0.0603. The molecule has 1 fully saturated rings. The summed E-state index contributed by atoms with van der Waals surface area (Å²) in [5.41, 5.74) is 0. The molecule has 1 rings (SSSR count). The molecule has 0 aliphatic carbocycles. The molecule has 0 unspecified atom stereocenters. The van der Waals surface area contributed by atoms with E-state index in [1.54, 1.807) is 0 Å². The zero-order valence-electron chi connectivity index (χ0n) is 3.26. The molecule has 1 aliphatic heterocycles. The molecule has 3 nitrogen and oxygen atoms in total. The maximum atomic E-state index is 8.19. The van der Waals surface area contributed by atoms with Gasteiger partial charge in [-0.25, -0.2) is 0 Å². The Morgan fingerprint density at radius 3 is 1.67 bits per heavy atom. The van der Waals surface area contributed by atoms with E-state index in [1.165, 1.54) is 6.92 Å². The second-order valence-corrected chi connectivity index (χ2v) is 1.06. The molecule has 0 spiro atoms. The summed E-state index contributed by atoms with van der Waals surface area (Å²) in [7, 11) is 0. The fourth-order valence-corrected chi connectivity index (χ4v) is 0.0603. The first-order chi connectivity index (χ1) is 2.21. The molecule has 34 valence electrons. The van der Waals surface area contributed by atoms with Gasteiger partial charge in [0.2, 0.25) is 0 Å². The third kappa shape index (κ3) is 2.03. The van der Waals surface area contributed by atoms with Gasteiger partial charge in [0.1, 0.15) is 0 Å². The van der Waals surface area contributed by atoms with Crippen molar-refractivity contribution in [1.29, 1.82) is 0 Å². The van der Waals surface area contributed by atoms with E-state index >= 15 is 0 Å². The van der Waals surface area contributed by atoms with Crippen LogP contribution in [0.2, 0.25) is 0 Å². The van der Waals surface area contributed by atoms with Crippen LogP contribution in [0.15, 0.2) is 0 Å². The minimum absolute atomic E-state index is 0. The summed E-state index contributed by atoms with van der Waals surface area (Å²) in [6, 6.07) is 0. The van der Waals surface area contributed by atoms with E-state index in [4.69, 9.17) is 5.11 Å². The summed E-state index contributed by atoms with van der Waals surface area (Å²) >= 11 is 0. The number of hydrogen-bond acceptors (Lipinski definition) is 3. The monoisotopic (exact) mass is 166 g/mol. The summed E-state index contributed by atoms with van der Waals surface area (Å²) in [5, 5.41) is 8.19. The van der Waals surface area contributed by atoms with Crippen LogP contribution in [0.1, 0.15) is 6.92 Å². The van der Waals surface area contributed by atoms with Crippen LogP contribution in [-0.4, -0.2) is 11.1 Å². The fraction of sp³-hybridized carbons (Fsp3) is 1.00. The molecular weight excluding hydrogens is 163 g/mol. The second kappa shape index (κ2) is 1.70. The van der Waals surface area contributed by atoms with Gasteiger partial charge in [0.05, 0.1) is 0 Å². The molecule has 0 aromatic carbocycles. The first kappa shape index (κ1) is 6.76. The molecule has 1 heterocycles. The van der Waals surface area contributed by atoms with Crippen molar-refractivity contribution in [3.05, 3.63) is 0 Å². The van der Waals surface area contributed by atoms with Crippen LogP contribution < -0.4 is 0 Å². The van der Waals surface area contributed by atoms with Crippen LogP contribution in [0.5, 0.6) is 0 Å². The van der Waals surface area contributed by atoms with E-state index in [2.05, 4.69) is 9.78 Å². The van der Waals surface area contributed by atoms with Crippen LogP contribution >= 0.6 is 0 Å². The van der Waals surface area contributed by atoms with Crippen molar-refractivity contribution in [2.24, 2.45) is 0 Å². The Hall–Kier alpha value is 0.763. The molecule has 0 atom stereocenters. The van der Waals surface area contributed by atoms with Crippen molar-refractivity contribution in [2.75, 3.05) is 0 Å². The van der Waals surface area contributed by atoms with Crippen LogP contribution in [0.4, 0.5) is 0 Å². The SMILES string of the molecule is CC1(O)OO1.[Zr]. The van der Waals surface area contributed by atoms with E-state index in [0.29, 0.717) is 0 Å². The summed E-state index contributed by atoms with van der Waals surface area (Å²) in [5.74, 6) is -1.25. The van der Waals surface area contributed by atoms with Gasteiger partial charge < -0.3 is 5.11 Å². The first-order valence-electron chi connectivity index (χ1n) is 1.30. The van der Waals surface area contributed by atoms with Gasteiger partial charge in [0, 0.05) is 33.1 Å². The number of hydrogen-bond donors (Lipinski definition) is 1. The van der Waals surface area contributed by atoms with E-state index < -0.39 is 5.97 Å². The molecule has 0 aromatic rings. The van der Waals surface area contributed by atoms with E-state index in [9.17, 15) is 0 Å². The summed E-state index contributed by atoms with van der Waals surface area (Å²) < 4.78 is 0. The standard InChI is InChI=1S/C2H4O3.Zr/c1-2(3)4-5-2;/h3H,1H3;. The van der Waals surface area contributed by atoms with Gasteiger partial charge in [-0.3, -0.25) is 0 Å². The molecule has 0 radical (unpaired) electrons. The smallest absolute Gasteiger partial charge is 0.334 e. The minimum atomic E-state index is -1.25. The molecule has 0 saturated carbocycles. The maximum Gasteiger partial charge on any atom is 0.334 e. The van der Waals surface area contributed by atoms with E-state index in [0.717, 1.165) is 0 Å². The average Bonchev–Trinajstić information content (AvgIpc) is 1.76. The third-order valence-electron chi connectivity index (χ3n) is 0.325. The van der Waals surface area contributed by atoms with Crippen LogP contribution in [0, 0.1) is 0 Å². The molecular formula is C2H4O3Zr. The van der Waals surface area contributed by atoms with Gasteiger partial charge in [-0.15, -0.1) is 0 Å². The van der Waals surface area contributed by atoms with Crippen molar-refractivity contribution in [3.8, 4) is 0 Å². The predicted molar refractivity (Wildman–Crippen MR) is 12.8 cm³/mol. The van der Waals surface area contributed by atoms with Gasteiger partial charge in [-0.2, -0.15) is 9.78 Å². The molecule has 6 heavy (non-hydrogen) atoms. The Morgan fingerprint density at radius 1 is 1.50 bits per heavy atom. The van der Waals surface area contributed by atoms with Crippen molar-refractivity contribution in [1.82, 2.24) is 0 Å². The minimum Gasteiger partial charge on any atom is -0.340 e. The zero-order chi connectivity index (χ0) is 3.91. The normalized spacial score (nSPS) is 25.0. The van der Waals surface area contributed by atoms with Gasteiger partial charge in [0.15, 0.2) is 0 Å². The van der Waals surface area contributed by atoms with Crippen LogP contribution in [-0.2, 0) is 36.0 Å². The zero-order valence-corrected chi connectivity index (χ0v) is 5.72. The largest absolute Gasteiger partial charge is 0.340 e. The topological polar surface area (TPSA) is 45.3 Å². The molecule has 0 bridgehead atoms. The van der Waals surface area contributed by atoms with Crippen molar-refractivity contribution >= 4 is 0 Å². The predicted octanol–water partition coefficient (Wildman–Crippen LogP) is -0.388. The quantitative estimate of drug-likeness (QED) is 0.395. The van der Waals surface area contributed by atoms with E-state index in [1.807, 2.05) is 0 Å². The molecule has 1 saturated heterocycles. The Labute approximate surface area is 54.3 Å². The van der Waals surface area contributed by atoms with Gasteiger partial charge in [-0.05, 0) is 0 Å². The van der Waals surface area contributed by atoms with Crippen molar-refractivity contribution < 1.29 is 41.1 Å². The third-order valence-corrected chi connectivity index (χ3v) is 0.325.